The lowest BCUT2D eigenvalue weighted by Gasteiger charge is -2.15. The predicted octanol–water partition coefficient (Wildman–Crippen LogP) is 3.12. The highest BCUT2D eigenvalue weighted by Gasteiger charge is 2.30. The predicted molar refractivity (Wildman–Crippen MR) is 71.0 cm³/mol. The quantitative estimate of drug-likeness (QED) is 0.911. The van der Waals surface area contributed by atoms with Crippen LogP contribution in [-0.2, 0) is 9.53 Å². The van der Waals surface area contributed by atoms with Gasteiger partial charge in [0, 0.05) is 11.1 Å². The molecule has 1 heterocycles. The third-order valence-electron chi connectivity index (χ3n) is 3.10. The van der Waals surface area contributed by atoms with Gasteiger partial charge in [0.25, 0.3) is 0 Å². The van der Waals surface area contributed by atoms with E-state index in [1.54, 1.807) is 0 Å². The second kappa shape index (κ2) is 5.19. The summed E-state index contributed by atoms with van der Waals surface area (Å²) >= 11 is 3.45. The minimum Gasteiger partial charge on any atom is -0.378 e. The molecule has 1 amide bonds. The van der Waals surface area contributed by atoms with Crippen molar-refractivity contribution in [1.82, 2.24) is 0 Å². The molecule has 1 aromatic carbocycles. The third-order valence-corrected chi connectivity index (χ3v) is 3.75. The lowest BCUT2D eigenvalue weighted by atomic mass is 10.0. The second-order valence-electron chi connectivity index (χ2n) is 4.44. The number of hydrogen-bond donors (Lipinski definition) is 1. The highest BCUT2D eigenvalue weighted by Crippen LogP contribution is 2.26. The van der Waals surface area contributed by atoms with Crippen molar-refractivity contribution < 1.29 is 9.53 Å². The Morgan fingerprint density at radius 3 is 2.88 bits per heavy atom. The first kappa shape index (κ1) is 12.6. The summed E-state index contributed by atoms with van der Waals surface area (Å²) in [5.74, 6) is 0.00255. The van der Waals surface area contributed by atoms with E-state index in [1.165, 1.54) is 0 Å². The third kappa shape index (κ3) is 2.87. The first-order valence-electron chi connectivity index (χ1n) is 5.76. The molecule has 4 heteroatoms. The van der Waals surface area contributed by atoms with Gasteiger partial charge >= 0.3 is 0 Å². The van der Waals surface area contributed by atoms with Crippen molar-refractivity contribution in [2.75, 3.05) is 11.9 Å². The van der Waals surface area contributed by atoms with Crippen molar-refractivity contribution in [2.24, 2.45) is 5.92 Å². The average molecular weight is 298 g/mol. The molecule has 1 saturated heterocycles. The van der Waals surface area contributed by atoms with E-state index in [9.17, 15) is 4.79 Å². The van der Waals surface area contributed by atoms with Crippen molar-refractivity contribution in [1.29, 1.82) is 0 Å². The van der Waals surface area contributed by atoms with Crippen molar-refractivity contribution in [2.45, 2.75) is 26.4 Å². The van der Waals surface area contributed by atoms with Gasteiger partial charge in [0.15, 0.2) is 0 Å². The summed E-state index contributed by atoms with van der Waals surface area (Å²) in [4.78, 5) is 12.1. The van der Waals surface area contributed by atoms with E-state index in [-0.39, 0.29) is 17.9 Å². The second-order valence-corrected chi connectivity index (χ2v) is 5.30. The number of aryl methyl sites for hydroxylation is 1. The number of carbonyl (C=O) groups is 1. The van der Waals surface area contributed by atoms with Crippen LogP contribution >= 0.6 is 15.9 Å². The largest absolute Gasteiger partial charge is 0.378 e. The molecule has 0 bridgehead atoms. The molecule has 0 aromatic heterocycles. The molecule has 1 N–H and O–H groups in total. The average Bonchev–Trinajstić information content (AvgIpc) is 2.68. The number of halogens is 1. The Morgan fingerprint density at radius 1 is 1.53 bits per heavy atom. The number of ether oxygens (including phenoxy) is 1. The summed E-state index contributed by atoms with van der Waals surface area (Å²) < 4.78 is 6.32. The van der Waals surface area contributed by atoms with Gasteiger partial charge in [-0.2, -0.15) is 0 Å². The van der Waals surface area contributed by atoms with E-state index >= 15 is 0 Å². The summed E-state index contributed by atoms with van der Waals surface area (Å²) in [7, 11) is 0. The van der Waals surface area contributed by atoms with Gasteiger partial charge in [-0.1, -0.05) is 6.07 Å². The summed E-state index contributed by atoms with van der Waals surface area (Å²) in [5, 5.41) is 2.94. The van der Waals surface area contributed by atoms with Crippen LogP contribution in [0.1, 0.15) is 18.9 Å². The maximum absolute atomic E-state index is 12.1. The summed E-state index contributed by atoms with van der Waals surface area (Å²) in [6.07, 6.45) is 0.815. The molecule has 2 atom stereocenters. The van der Waals surface area contributed by atoms with Crippen LogP contribution in [0.2, 0.25) is 0 Å². The number of nitrogens with one attached hydrogen (secondary N) is 1. The van der Waals surface area contributed by atoms with Crippen molar-refractivity contribution in [3.05, 3.63) is 28.2 Å². The Hall–Kier alpha value is -0.870. The molecular formula is C13H16BrNO2. The van der Waals surface area contributed by atoms with Gasteiger partial charge in [0.1, 0.15) is 0 Å². The first-order chi connectivity index (χ1) is 8.08. The molecule has 1 aliphatic rings. The number of hydrogen-bond acceptors (Lipinski definition) is 2. The molecule has 2 unspecified atom stereocenters. The maximum Gasteiger partial charge on any atom is 0.230 e. The molecule has 0 saturated carbocycles. The minimum atomic E-state index is -0.0387. The minimum absolute atomic E-state index is 0.0132. The standard InChI is InChI=1S/C13H16BrNO2/c1-8-3-4-12(11(14)7-8)15-13(16)10-5-6-17-9(10)2/h3-4,7,9-10H,5-6H2,1-2H3,(H,15,16). The molecule has 3 nitrogen and oxygen atoms in total. The van der Waals surface area contributed by atoms with E-state index in [2.05, 4.69) is 21.2 Å². The number of anilines is 1. The fourth-order valence-corrected chi connectivity index (χ4v) is 2.62. The fourth-order valence-electron chi connectivity index (χ4n) is 2.02. The van der Waals surface area contributed by atoms with E-state index < -0.39 is 0 Å². The molecule has 92 valence electrons. The van der Waals surface area contributed by atoms with Crippen molar-refractivity contribution in [3.63, 3.8) is 0 Å². The van der Waals surface area contributed by atoms with Gasteiger partial charge in [0.05, 0.1) is 17.7 Å². The van der Waals surface area contributed by atoms with Gasteiger partial charge < -0.3 is 10.1 Å². The molecule has 1 aliphatic heterocycles. The van der Waals surface area contributed by atoms with Crippen LogP contribution in [0.4, 0.5) is 5.69 Å². The lowest BCUT2D eigenvalue weighted by Crippen LogP contribution is -2.27. The molecule has 2 rings (SSSR count). The zero-order valence-corrected chi connectivity index (χ0v) is 11.6. The van der Waals surface area contributed by atoms with Crippen LogP contribution in [-0.4, -0.2) is 18.6 Å². The van der Waals surface area contributed by atoms with Crippen LogP contribution < -0.4 is 5.32 Å². The number of rotatable bonds is 2. The first-order valence-corrected chi connectivity index (χ1v) is 6.56. The van der Waals surface area contributed by atoms with E-state index in [0.29, 0.717) is 6.61 Å². The number of carbonyl (C=O) groups excluding carboxylic acids is 1. The molecule has 0 aliphatic carbocycles. The summed E-state index contributed by atoms with van der Waals surface area (Å²) in [6, 6.07) is 5.89. The molecular weight excluding hydrogens is 282 g/mol. The monoisotopic (exact) mass is 297 g/mol. The van der Waals surface area contributed by atoms with Gasteiger partial charge in [-0.3, -0.25) is 4.79 Å². The lowest BCUT2D eigenvalue weighted by molar-refractivity contribution is -0.121. The van der Waals surface area contributed by atoms with E-state index in [0.717, 1.165) is 22.1 Å². The highest BCUT2D eigenvalue weighted by atomic mass is 79.9. The van der Waals surface area contributed by atoms with Gasteiger partial charge in [-0.15, -0.1) is 0 Å². The Bertz CT molecular complexity index is 433. The van der Waals surface area contributed by atoms with Crippen LogP contribution in [0, 0.1) is 12.8 Å². The van der Waals surface area contributed by atoms with Crippen LogP contribution in [0.15, 0.2) is 22.7 Å². The SMILES string of the molecule is Cc1ccc(NC(=O)C2CCOC2C)c(Br)c1. The fraction of sp³-hybridized carbons (Fsp3) is 0.462. The Labute approximate surface area is 110 Å². The Balaban J connectivity index is 2.07. The van der Waals surface area contributed by atoms with Gasteiger partial charge in [-0.05, 0) is 53.9 Å². The van der Waals surface area contributed by atoms with E-state index in [4.69, 9.17) is 4.74 Å². The smallest absolute Gasteiger partial charge is 0.230 e. The van der Waals surface area contributed by atoms with Crippen molar-refractivity contribution >= 4 is 27.5 Å². The maximum atomic E-state index is 12.1. The number of amides is 1. The molecule has 1 aromatic rings. The number of benzene rings is 1. The van der Waals surface area contributed by atoms with Crippen LogP contribution in [0.25, 0.3) is 0 Å². The summed E-state index contributed by atoms with van der Waals surface area (Å²) in [5.41, 5.74) is 1.98. The van der Waals surface area contributed by atoms with Gasteiger partial charge in [0.2, 0.25) is 5.91 Å². The molecule has 17 heavy (non-hydrogen) atoms. The molecule has 0 radical (unpaired) electrons. The zero-order valence-electron chi connectivity index (χ0n) is 10.00. The zero-order chi connectivity index (χ0) is 12.4. The van der Waals surface area contributed by atoms with Crippen LogP contribution in [0.5, 0.6) is 0 Å². The topological polar surface area (TPSA) is 38.3 Å². The van der Waals surface area contributed by atoms with E-state index in [1.807, 2.05) is 32.0 Å². The Kier molecular flexibility index (Phi) is 3.84. The Morgan fingerprint density at radius 2 is 2.29 bits per heavy atom. The highest BCUT2D eigenvalue weighted by molar-refractivity contribution is 9.10. The molecule has 0 spiro atoms. The van der Waals surface area contributed by atoms with Crippen molar-refractivity contribution in [3.8, 4) is 0 Å². The van der Waals surface area contributed by atoms with Gasteiger partial charge in [-0.25, -0.2) is 0 Å². The normalized spacial score (nSPS) is 23.7. The molecule has 1 fully saturated rings. The van der Waals surface area contributed by atoms with Crippen LogP contribution in [0.3, 0.4) is 0 Å². The summed E-state index contributed by atoms with van der Waals surface area (Å²) in [6.45, 7) is 4.64.